The van der Waals surface area contributed by atoms with Gasteiger partial charge in [-0.3, -0.25) is 0 Å². The number of piperidine rings is 1. The van der Waals surface area contributed by atoms with E-state index in [1.54, 1.807) is 4.31 Å². The molecule has 2 saturated heterocycles. The first-order chi connectivity index (χ1) is 9.95. The molecule has 3 rings (SSSR count). The number of H-pyrrole nitrogens is 1. The number of aromatic amines is 1. The van der Waals surface area contributed by atoms with Crippen LogP contribution in [0.1, 0.15) is 32.0 Å². The Morgan fingerprint density at radius 1 is 1.33 bits per heavy atom. The van der Waals surface area contributed by atoms with Crippen LogP contribution in [0.2, 0.25) is 0 Å². The summed E-state index contributed by atoms with van der Waals surface area (Å²) in [5, 5.41) is 0.239. The lowest BCUT2D eigenvalue weighted by Gasteiger charge is -2.39. The summed E-state index contributed by atoms with van der Waals surface area (Å²) >= 11 is 0. The number of nitrogens with zero attached hydrogens (tertiary/aromatic N) is 3. The molecule has 1 aromatic rings. The van der Waals surface area contributed by atoms with Gasteiger partial charge in [0.15, 0.2) is 5.03 Å². The molecule has 1 N–H and O–H groups in total. The zero-order valence-electron chi connectivity index (χ0n) is 12.8. The smallest absolute Gasteiger partial charge is 0.260 e. The molecule has 3 heterocycles. The highest BCUT2D eigenvalue weighted by Crippen LogP contribution is 2.39. The second kappa shape index (κ2) is 5.37. The lowest BCUT2D eigenvalue weighted by molar-refractivity contribution is 0.153. The van der Waals surface area contributed by atoms with Gasteiger partial charge < -0.3 is 9.88 Å². The van der Waals surface area contributed by atoms with Gasteiger partial charge in [0.1, 0.15) is 5.82 Å². The lowest BCUT2D eigenvalue weighted by atomic mass is 9.80. The monoisotopic (exact) mass is 312 g/mol. The molecule has 0 bridgehead atoms. The van der Waals surface area contributed by atoms with Crippen molar-refractivity contribution in [2.24, 2.45) is 5.41 Å². The molecule has 1 unspecified atom stereocenters. The van der Waals surface area contributed by atoms with Crippen LogP contribution in [0.3, 0.4) is 0 Å². The molecule has 6 nitrogen and oxygen atoms in total. The Morgan fingerprint density at radius 2 is 2.14 bits per heavy atom. The number of aromatic nitrogens is 2. The van der Waals surface area contributed by atoms with Gasteiger partial charge in [0.25, 0.3) is 10.0 Å². The van der Waals surface area contributed by atoms with Crippen molar-refractivity contribution in [3.05, 3.63) is 12.0 Å². The number of likely N-dealkylation sites (tertiary alicyclic amines) is 1. The maximum Gasteiger partial charge on any atom is 0.260 e. The largest absolute Gasteiger partial charge is 0.332 e. The molecule has 0 radical (unpaired) electrons. The first-order valence-electron chi connectivity index (χ1n) is 7.68. The molecule has 0 saturated carbocycles. The average Bonchev–Trinajstić information content (AvgIpc) is 3.07. The van der Waals surface area contributed by atoms with E-state index >= 15 is 0 Å². The zero-order valence-corrected chi connectivity index (χ0v) is 13.6. The normalized spacial score (nSPS) is 28.5. The maximum atomic E-state index is 12.8. The molecule has 1 atom stereocenters. The van der Waals surface area contributed by atoms with E-state index in [9.17, 15) is 8.42 Å². The fourth-order valence-corrected chi connectivity index (χ4v) is 5.18. The summed E-state index contributed by atoms with van der Waals surface area (Å²) in [4.78, 5) is 9.37. The van der Waals surface area contributed by atoms with Crippen molar-refractivity contribution in [2.75, 3.05) is 33.2 Å². The quantitative estimate of drug-likeness (QED) is 0.907. The van der Waals surface area contributed by atoms with E-state index in [-0.39, 0.29) is 10.4 Å². The van der Waals surface area contributed by atoms with E-state index in [1.165, 1.54) is 6.20 Å². The molecule has 118 valence electrons. The van der Waals surface area contributed by atoms with Crippen LogP contribution >= 0.6 is 0 Å². The third-order valence-electron chi connectivity index (χ3n) is 4.81. The van der Waals surface area contributed by atoms with Crippen molar-refractivity contribution in [3.8, 4) is 0 Å². The van der Waals surface area contributed by atoms with Crippen LogP contribution < -0.4 is 0 Å². The highest BCUT2D eigenvalue weighted by Gasteiger charge is 2.43. The van der Waals surface area contributed by atoms with Crippen molar-refractivity contribution >= 4 is 10.0 Å². The summed E-state index contributed by atoms with van der Waals surface area (Å²) in [6.07, 6.45) is 5.34. The van der Waals surface area contributed by atoms with Crippen molar-refractivity contribution in [2.45, 2.75) is 37.6 Å². The summed E-state index contributed by atoms with van der Waals surface area (Å²) in [7, 11) is -1.32. The van der Waals surface area contributed by atoms with Gasteiger partial charge in [0.2, 0.25) is 0 Å². The van der Waals surface area contributed by atoms with Crippen molar-refractivity contribution in [3.63, 3.8) is 0 Å². The third kappa shape index (κ3) is 2.74. The van der Waals surface area contributed by atoms with Crippen molar-refractivity contribution in [1.82, 2.24) is 19.2 Å². The number of nitrogens with one attached hydrogen (secondary N) is 1. The van der Waals surface area contributed by atoms with Gasteiger partial charge in [-0.1, -0.05) is 6.92 Å². The molecular formula is C14H24N4O2S. The van der Waals surface area contributed by atoms with E-state index in [2.05, 4.69) is 21.9 Å². The minimum absolute atomic E-state index is 0.147. The number of aryl methyl sites for hydroxylation is 1. The molecule has 0 aliphatic carbocycles. The predicted molar refractivity (Wildman–Crippen MR) is 80.5 cm³/mol. The molecule has 0 amide bonds. The predicted octanol–water partition coefficient (Wildman–Crippen LogP) is 1.08. The Bertz CT molecular complexity index is 608. The fraction of sp³-hybridized carbons (Fsp3) is 0.786. The minimum atomic E-state index is -3.44. The van der Waals surface area contributed by atoms with Crippen LogP contribution in [-0.2, 0) is 16.4 Å². The Balaban J connectivity index is 1.82. The van der Waals surface area contributed by atoms with Crippen LogP contribution in [0, 0.1) is 5.41 Å². The molecule has 1 aromatic heterocycles. The average molecular weight is 312 g/mol. The summed E-state index contributed by atoms with van der Waals surface area (Å²) in [5.74, 6) is 0.723. The molecule has 7 heteroatoms. The number of rotatable bonds is 3. The van der Waals surface area contributed by atoms with Crippen LogP contribution in [0.4, 0.5) is 0 Å². The Hall–Kier alpha value is -0.920. The highest BCUT2D eigenvalue weighted by atomic mass is 32.2. The molecule has 0 aromatic carbocycles. The standard InChI is InChI=1S/C14H24N4O2S/c1-3-12-15-9-13(16-12)21(19,20)18-7-4-5-14(11-18)6-8-17(2)10-14/h9H,3-8,10-11H2,1-2H3,(H,15,16). The second-order valence-electron chi connectivity index (χ2n) is 6.48. The first kappa shape index (κ1) is 15.0. The number of imidazole rings is 1. The van der Waals surface area contributed by atoms with Crippen LogP contribution in [0.15, 0.2) is 11.2 Å². The van der Waals surface area contributed by atoms with Gasteiger partial charge in [0, 0.05) is 26.1 Å². The lowest BCUT2D eigenvalue weighted by Crippen LogP contribution is -2.47. The van der Waals surface area contributed by atoms with Gasteiger partial charge in [-0.2, -0.15) is 4.31 Å². The molecule has 2 aliphatic rings. The van der Waals surface area contributed by atoms with Crippen molar-refractivity contribution in [1.29, 1.82) is 0 Å². The van der Waals surface area contributed by atoms with E-state index < -0.39 is 10.0 Å². The Kier molecular flexibility index (Phi) is 3.83. The second-order valence-corrected chi connectivity index (χ2v) is 8.38. The summed E-state index contributed by atoms with van der Waals surface area (Å²) in [6.45, 7) is 5.29. The summed E-state index contributed by atoms with van der Waals surface area (Å²) in [6, 6.07) is 0. The Morgan fingerprint density at radius 3 is 2.76 bits per heavy atom. The van der Waals surface area contributed by atoms with Gasteiger partial charge >= 0.3 is 0 Å². The van der Waals surface area contributed by atoms with E-state index in [4.69, 9.17) is 0 Å². The van der Waals surface area contributed by atoms with Gasteiger partial charge in [-0.05, 0) is 38.3 Å². The zero-order chi connectivity index (χ0) is 15.1. The summed E-state index contributed by atoms with van der Waals surface area (Å²) < 4.78 is 27.2. The number of hydrogen-bond acceptors (Lipinski definition) is 4. The van der Waals surface area contributed by atoms with Crippen LogP contribution in [0.5, 0.6) is 0 Å². The van der Waals surface area contributed by atoms with E-state index in [0.29, 0.717) is 19.5 Å². The van der Waals surface area contributed by atoms with Crippen molar-refractivity contribution < 1.29 is 8.42 Å². The van der Waals surface area contributed by atoms with Crippen LogP contribution in [0.25, 0.3) is 0 Å². The van der Waals surface area contributed by atoms with Gasteiger partial charge in [-0.25, -0.2) is 13.4 Å². The third-order valence-corrected chi connectivity index (χ3v) is 6.57. The molecule has 2 aliphatic heterocycles. The molecule has 1 spiro atoms. The topological polar surface area (TPSA) is 69.3 Å². The van der Waals surface area contributed by atoms with E-state index in [1.807, 2.05) is 6.92 Å². The number of sulfonamides is 1. The van der Waals surface area contributed by atoms with Gasteiger partial charge in [0.05, 0.1) is 6.20 Å². The SMILES string of the molecule is CCc1ncc(S(=O)(=O)N2CCCC3(CCN(C)C3)C2)[nH]1. The Labute approximate surface area is 126 Å². The summed E-state index contributed by atoms with van der Waals surface area (Å²) in [5.41, 5.74) is 0.147. The minimum Gasteiger partial charge on any atom is -0.332 e. The van der Waals surface area contributed by atoms with Crippen LogP contribution in [-0.4, -0.2) is 60.8 Å². The number of hydrogen-bond donors (Lipinski definition) is 1. The molecule has 2 fully saturated rings. The molecular weight excluding hydrogens is 288 g/mol. The van der Waals surface area contributed by atoms with E-state index in [0.717, 1.165) is 38.2 Å². The van der Waals surface area contributed by atoms with Gasteiger partial charge in [-0.15, -0.1) is 0 Å². The first-order valence-corrected chi connectivity index (χ1v) is 9.12. The molecule has 21 heavy (non-hydrogen) atoms. The fourth-order valence-electron chi connectivity index (χ4n) is 3.65. The maximum absolute atomic E-state index is 12.8. The highest BCUT2D eigenvalue weighted by molar-refractivity contribution is 7.89.